The highest BCUT2D eigenvalue weighted by atomic mass is 32.2. The molecule has 4 rings (SSSR count). The Hall–Kier alpha value is -2.72. The van der Waals surface area contributed by atoms with Crippen molar-refractivity contribution in [1.29, 1.82) is 0 Å². The minimum Gasteiger partial charge on any atom is -0.477 e. The van der Waals surface area contributed by atoms with Gasteiger partial charge in [0.2, 0.25) is 11.9 Å². The molecule has 3 N–H and O–H groups in total. The summed E-state index contributed by atoms with van der Waals surface area (Å²) in [6.07, 6.45) is 5.14. The lowest BCUT2D eigenvalue weighted by Gasteiger charge is -2.47. The lowest BCUT2D eigenvalue weighted by molar-refractivity contribution is -0.147. The SMILES string of the molecule is N[C@@H]1C(=O)N2C(C(=O)O)=C(C=C3CCN(c4ncccn4)C3=O)CS[C@H]12. The van der Waals surface area contributed by atoms with Gasteiger partial charge in [-0.1, -0.05) is 0 Å². The average molecular weight is 373 g/mol. The monoisotopic (exact) mass is 373 g/mol. The molecule has 134 valence electrons. The van der Waals surface area contributed by atoms with Crippen LogP contribution in [0.2, 0.25) is 0 Å². The third kappa shape index (κ3) is 2.49. The Balaban J connectivity index is 1.66. The maximum Gasteiger partial charge on any atom is 0.352 e. The number of anilines is 1. The zero-order valence-corrected chi connectivity index (χ0v) is 14.3. The molecule has 0 radical (unpaired) electrons. The zero-order chi connectivity index (χ0) is 18.4. The summed E-state index contributed by atoms with van der Waals surface area (Å²) in [6.45, 7) is 0.424. The minimum atomic E-state index is -1.20. The van der Waals surface area contributed by atoms with E-state index in [4.69, 9.17) is 5.73 Å². The van der Waals surface area contributed by atoms with Gasteiger partial charge in [-0.3, -0.25) is 19.4 Å². The van der Waals surface area contributed by atoms with Crippen molar-refractivity contribution < 1.29 is 19.5 Å². The summed E-state index contributed by atoms with van der Waals surface area (Å²) < 4.78 is 0. The minimum absolute atomic E-state index is 0.0878. The first-order valence-electron chi connectivity index (χ1n) is 7.95. The van der Waals surface area contributed by atoms with E-state index in [1.54, 1.807) is 24.5 Å². The van der Waals surface area contributed by atoms with Crippen molar-refractivity contribution in [3.05, 3.63) is 41.4 Å². The summed E-state index contributed by atoms with van der Waals surface area (Å²) in [4.78, 5) is 47.1. The number of fused-ring (bicyclic) bond motifs is 1. The van der Waals surface area contributed by atoms with Gasteiger partial charge < -0.3 is 10.8 Å². The van der Waals surface area contributed by atoms with Crippen LogP contribution in [0.3, 0.4) is 0 Å². The molecule has 26 heavy (non-hydrogen) atoms. The van der Waals surface area contributed by atoms with E-state index in [0.717, 1.165) is 0 Å². The Kier molecular flexibility index (Phi) is 4.00. The highest BCUT2D eigenvalue weighted by molar-refractivity contribution is 8.00. The van der Waals surface area contributed by atoms with Crippen LogP contribution in [-0.4, -0.2) is 61.5 Å². The average Bonchev–Trinajstić information content (AvgIpc) is 3.01. The van der Waals surface area contributed by atoms with E-state index in [1.165, 1.54) is 21.6 Å². The first kappa shape index (κ1) is 16.7. The van der Waals surface area contributed by atoms with Gasteiger partial charge in [0.25, 0.3) is 5.91 Å². The molecule has 3 aliphatic heterocycles. The number of thioether (sulfide) groups is 1. The third-order valence-electron chi connectivity index (χ3n) is 4.51. The molecule has 2 atom stereocenters. The molecule has 0 unspecified atom stereocenters. The molecule has 2 saturated heterocycles. The fraction of sp³-hybridized carbons (Fsp3) is 0.312. The largest absolute Gasteiger partial charge is 0.477 e. The first-order chi connectivity index (χ1) is 12.5. The summed E-state index contributed by atoms with van der Waals surface area (Å²) in [5.41, 5.74) is 6.56. The number of carboxylic acid groups (broad SMARTS) is 1. The molecule has 4 heterocycles. The standard InChI is InChI=1S/C16H15N5O4S/c17-10-13(23)21-11(15(24)25)9(7-26-14(10)21)6-8-2-5-20(12(8)22)16-18-3-1-4-19-16/h1,3-4,6,10,14H,2,5,7,17H2,(H,24,25)/t10-,14-/m1/s1. The van der Waals surface area contributed by atoms with Crippen LogP contribution in [0.15, 0.2) is 41.4 Å². The predicted octanol–water partition coefficient (Wildman–Crippen LogP) is -0.279. The van der Waals surface area contributed by atoms with Gasteiger partial charge >= 0.3 is 5.97 Å². The van der Waals surface area contributed by atoms with Crippen molar-refractivity contribution in [2.45, 2.75) is 17.8 Å². The number of rotatable bonds is 3. The predicted molar refractivity (Wildman–Crippen MR) is 92.8 cm³/mol. The maximum absolute atomic E-state index is 12.6. The molecule has 2 fully saturated rings. The molecule has 3 aliphatic rings. The number of carbonyl (C=O) groups excluding carboxylic acids is 2. The smallest absolute Gasteiger partial charge is 0.352 e. The topological polar surface area (TPSA) is 130 Å². The number of amides is 2. The van der Waals surface area contributed by atoms with Crippen molar-refractivity contribution in [2.24, 2.45) is 5.73 Å². The van der Waals surface area contributed by atoms with Gasteiger partial charge in [0.15, 0.2) is 0 Å². The van der Waals surface area contributed by atoms with Crippen molar-refractivity contribution in [3.8, 4) is 0 Å². The normalized spacial score (nSPS) is 27.0. The number of allylic oxidation sites excluding steroid dienone is 1. The fourth-order valence-corrected chi connectivity index (χ4v) is 4.48. The second-order valence-electron chi connectivity index (χ2n) is 6.04. The third-order valence-corrected chi connectivity index (χ3v) is 5.83. The number of carboxylic acids is 1. The molecule has 2 amide bonds. The van der Waals surface area contributed by atoms with E-state index in [2.05, 4.69) is 9.97 Å². The van der Waals surface area contributed by atoms with E-state index in [-0.39, 0.29) is 17.0 Å². The number of β-lactam (4-membered cyclic amide) rings is 1. The first-order valence-corrected chi connectivity index (χ1v) is 9.00. The molecule has 0 aliphatic carbocycles. The van der Waals surface area contributed by atoms with Gasteiger partial charge in [0.1, 0.15) is 17.1 Å². The number of hydrogen-bond donors (Lipinski definition) is 2. The molecular formula is C16H15N5O4S. The summed E-state index contributed by atoms with van der Waals surface area (Å²) in [5, 5.41) is 9.20. The van der Waals surface area contributed by atoms with Gasteiger partial charge in [0, 0.05) is 30.3 Å². The molecule has 0 saturated carbocycles. The Bertz CT molecular complexity index is 869. The Morgan fingerprint density at radius 2 is 2.08 bits per heavy atom. The van der Waals surface area contributed by atoms with Gasteiger partial charge in [-0.25, -0.2) is 14.8 Å². The number of aliphatic carboxylic acids is 1. The van der Waals surface area contributed by atoms with Crippen molar-refractivity contribution in [1.82, 2.24) is 14.9 Å². The van der Waals surface area contributed by atoms with Crippen LogP contribution in [0, 0.1) is 0 Å². The van der Waals surface area contributed by atoms with Gasteiger partial charge in [-0.05, 0) is 24.1 Å². The molecular weight excluding hydrogens is 358 g/mol. The van der Waals surface area contributed by atoms with Crippen LogP contribution in [0.1, 0.15) is 6.42 Å². The van der Waals surface area contributed by atoms with Crippen LogP contribution in [0.4, 0.5) is 5.95 Å². The number of nitrogens with two attached hydrogens (primary N) is 1. The van der Waals surface area contributed by atoms with E-state index < -0.39 is 17.9 Å². The Morgan fingerprint density at radius 1 is 1.35 bits per heavy atom. The maximum atomic E-state index is 12.6. The van der Waals surface area contributed by atoms with E-state index >= 15 is 0 Å². The summed E-state index contributed by atoms with van der Waals surface area (Å²) in [6, 6.07) is 0.984. The molecule has 9 nitrogen and oxygen atoms in total. The molecule has 0 bridgehead atoms. The van der Waals surface area contributed by atoms with Gasteiger partial charge in [-0.2, -0.15) is 0 Å². The highest BCUT2D eigenvalue weighted by Gasteiger charge is 2.51. The zero-order valence-electron chi connectivity index (χ0n) is 13.5. The second-order valence-corrected chi connectivity index (χ2v) is 7.14. The number of nitrogens with zero attached hydrogens (tertiary/aromatic N) is 4. The quantitative estimate of drug-likeness (QED) is 0.547. The molecule has 0 spiro atoms. The number of carbonyl (C=O) groups is 3. The van der Waals surface area contributed by atoms with Gasteiger partial charge in [-0.15, -0.1) is 11.8 Å². The molecule has 1 aromatic heterocycles. The summed E-state index contributed by atoms with van der Waals surface area (Å²) >= 11 is 1.40. The lowest BCUT2D eigenvalue weighted by Crippen LogP contribution is -2.68. The number of aromatic nitrogens is 2. The van der Waals surface area contributed by atoms with Crippen LogP contribution < -0.4 is 10.6 Å². The molecule has 0 aromatic carbocycles. The Labute approximate surface area is 152 Å². The van der Waals surface area contributed by atoms with E-state index in [9.17, 15) is 19.5 Å². The lowest BCUT2D eigenvalue weighted by atomic mass is 10.0. The second kappa shape index (κ2) is 6.22. The van der Waals surface area contributed by atoms with Crippen LogP contribution in [0.25, 0.3) is 0 Å². The van der Waals surface area contributed by atoms with E-state index in [0.29, 0.717) is 35.8 Å². The van der Waals surface area contributed by atoms with Crippen LogP contribution in [0.5, 0.6) is 0 Å². The van der Waals surface area contributed by atoms with E-state index in [1.807, 2.05) is 0 Å². The van der Waals surface area contributed by atoms with Gasteiger partial charge in [0.05, 0.1) is 0 Å². The number of hydrogen-bond acceptors (Lipinski definition) is 7. The van der Waals surface area contributed by atoms with Crippen molar-refractivity contribution in [2.75, 3.05) is 17.2 Å². The van der Waals surface area contributed by atoms with Crippen molar-refractivity contribution >= 4 is 35.5 Å². The highest BCUT2D eigenvalue weighted by Crippen LogP contribution is 2.40. The summed E-state index contributed by atoms with van der Waals surface area (Å²) in [7, 11) is 0. The fourth-order valence-electron chi connectivity index (χ4n) is 3.23. The molecule has 10 heteroatoms. The van der Waals surface area contributed by atoms with Crippen molar-refractivity contribution in [3.63, 3.8) is 0 Å². The Morgan fingerprint density at radius 3 is 2.77 bits per heavy atom. The summed E-state index contributed by atoms with van der Waals surface area (Å²) in [5.74, 6) is -1.17. The molecule has 1 aromatic rings. The van der Waals surface area contributed by atoms with Crippen LogP contribution in [-0.2, 0) is 14.4 Å². The van der Waals surface area contributed by atoms with Crippen LogP contribution >= 0.6 is 11.8 Å².